The third-order valence-electron chi connectivity index (χ3n) is 5.10. The van der Waals surface area contributed by atoms with Gasteiger partial charge in [-0.2, -0.15) is 0 Å². The third-order valence-corrected chi connectivity index (χ3v) is 5.10. The van der Waals surface area contributed by atoms with Gasteiger partial charge in [0, 0.05) is 24.4 Å². The van der Waals surface area contributed by atoms with Crippen molar-refractivity contribution in [3.8, 4) is 0 Å². The normalized spacial score (nSPS) is 25.2. The lowest BCUT2D eigenvalue weighted by Crippen LogP contribution is -2.40. The number of aromatic nitrogens is 1. The molecule has 6 nitrogen and oxygen atoms in total. The van der Waals surface area contributed by atoms with Gasteiger partial charge in [-0.25, -0.2) is 0 Å². The molecule has 0 saturated heterocycles. The summed E-state index contributed by atoms with van der Waals surface area (Å²) < 4.78 is 4.71. The highest BCUT2D eigenvalue weighted by Gasteiger charge is 2.28. The average molecular weight is 319 g/mol. The Labute approximate surface area is 136 Å². The largest absolute Gasteiger partial charge is 0.363 e. The van der Waals surface area contributed by atoms with E-state index in [1.165, 1.54) is 31.9 Å². The van der Waals surface area contributed by atoms with E-state index in [4.69, 9.17) is 4.52 Å². The summed E-state index contributed by atoms with van der Waals surface area (Å²) in [4.78, 5) is 24.2. The van der Waals surface area contributed by atoms with Crippen LogP contribution in [-0.4, -0.2) is 23.0 Å². The van der Waals surface area contributed by atoms with Crippen molar-refractivity contribution < 1.29 is 14.1 Å². The van der Waals surface area contributed by atoms with E-state index in [0.29, 0.717) is 18.2 Å². The van der Waals surface area contributed by atoms with Gasteiger partial charge in [-0.1, -0.05) is 18.0 Å². The van der Waals surface area contributed by atoms with Crippen molar-refractivity contribution in [2.45, 2.75) is 63.8 Å². The zero-order valence-corrected chi connectivity index (χ0v) is 13.4. The Morgan fingerprint density at radius 1 is 1.13 bits per heavy atom. The van der Waals surface area contributed by atoms with Crippen LogP contribution in [0.2, 0.25) is 0 Å². The number of carbonyl (C=O) groups excluding carboxylic acids is 2. The molecule has 0 atom stereocenters. The van der Waals surface area contributed by atoms with Crippen LogP contribution in [0, 0.1) is 11.8 Å². The highest BCUT2D eigenvalue weighted by atomic mass is 16.5. The molecule has 1 aromatic heterocycles. The monoisotopic (exact) mass is 319 g/mol. The highest BCUT2D eigenvalue weighted by molar-refractivity contribution is 5.91. The molecule has 2 amide bonds. The number of hydrogen-bond donors (Lipinski definition) is 2. The topological polar surface area (TPSA) is 84.2 Å². The van der Waals surface area contributed by atoms with Crippen LogP contribution in [0.1, 0.15) is 57.8 Å². The Hall–Kier alpha value is -1.85. The summed E-state index contributed by atoms with van der Waals surface area (Å²) in [6.45, 7) is 0. The lowest BCUT2D eigenvalue weighted by atomic mass is 9.85. The zero-order chi connectivity index (χ0) is 16.1. The van der Waals surface area contributed by atoms with Gasteiger partial charge in [0.2, 0.25) is 11.8 Å². The number of amides is 2. The zero-order valence-electron chi connectivity index (χ0n) is 13.4. The summed E-state index contributed by atoms with van der Waals surface area (Å²) in [7, 11) is 0. The Morgan fingerprint density at radius 3 is 2.52 bits per heavy atom. The fraction of sp³-hybridized carbons (Fsp3) is 0.706. The maximum Gasteiger partial charge on any atom is 0.228 e. The van der Waals surface area contributed by atoms with E-state index in [-0.39, 0.29) is 23.8 Å². The summed E-state index contributed by atoms with van der Waals surface area (Å²) in [5.74, 6) is 1.22. The van der Waals surface area contributed by atoms with E-state index in [0.717, 1.165) is 25.7 Å². The van der Waals surface area contributed by atoms with E-state index < -0.39 is 0 Å². The number of hydrogen-bond acceptors (Lipinski definition) is 4. The van der Waals surface area contributed by atoms with Gasteiger partial charge >= 0.3 is 0 Å². The van der Waals surface area contributed by atoms with Crippen molar-refractivity contribution in [1.29, 1.82) is 0 Å². The van der Waals surface area contributed by atoms with E-state index in [1.54, 1.807) is 6.07 Å². The smallest absolute Gasteiger partial charge is 0.228 e. The molecule has 2 aliphatic carbocycles. The maximum absolute atomic E-state index is 12.1. The quantitative estimate of drug-likeness (QED) is 0.874. The van der Waals surface area contributed by atoms with Crippen molar-refractivity contribution >= 4 is 17.6 Å². The minimum Gasteiger partial charge on any atom is -0.363 e. The Bertz CT molecular complexity index is 515. The van der Waals surface area contributed by atoms with Crippen LogP contribution in [0.25, 0.3) is 0 Å². The molecule has 0 bridgehead atoms. The lowest BCUT2D eigenvalue weighted by Gasteiger charge is -2.28. The number of rotatable bonds is 5. The molecule has 1 heterocycles. The standard InChI is InChI=1S/C17H25N3O3/c21-16(11-12-3-1-2-4-12)18-14-7-5-13(6-8-14)17(22)19-15-9-10-23-20-15/h9-10,12-14H,1-8,11H2,(H,18,21)(H,19,20,22). The number of nitrogens with one attached hydrogen (secondary N) is 2. The van der Waals surface area contributed by atoms with Gasteiger partial charge in [0.15, 0.2) is 5.82 Å². The molecule has 3 rings (SSSR count). The fourth-order valence-corrected chi connectivity index (χ4v) is 3.77. The molecule has 0 aliphatic heterocycles. The van der Waals surface area contributed by atoms with Crippen LogP contribution in [0.3, 0.4) is 0 Å². The van der Waals surface area contributed by atoms with Crippen LogP contribution in [0.5, 0.6) is 0 Å². The van der Waals surface area contributed by atoms with Crippen LogP contribution in [0.4, 0.5) is 5.82 Å². The van der Waals surface area contributed by atoms with Gasteiger partial charge in [0.1, 0.15) is 6.26 Å². The average Bonchev–Trinajstić information content (AvgIpc) is 3.21. The molecule has 2 aliphatic rings. The summed E-state index contributed by atoms with van der Waals surface area (Å²) in [5.41, 5.74) is 0. The van der Waals surface area contributed by atoms with Gasteiger partial charge in [0.05, 0.1) is 0 Å². The van der Waals surface area contributed by atoms with Crippen molar-refractivity contribution in [2.75, 3.05) is 5.32 Å². The van der Waals surface area contributed by atoms with Crippen molar-refractivity contribution in [3.63, 3.8) is 0 Å². The molecule has 0 spiro atoms. The molecule has 2 saturated carbocycles. The molecule has 0 aromatic carbocycles. The predicted molar refractivity (Wildman–Crippen MR) is 85.6 cm³/mol. The molecule has 126 valence electrons. The van der Waals surface area contributed by atoms with E-state index in [1.807, 2.05) is 0 Å². The second-order valence-electron chi connectivity index (χ2n) is 6.84. The minimum atomic E-state index is -0.00497. The van der Waals surface area contributed by atoms with Crippen LogP contribution < -0.4 is 10.6 Å². The molecule has 2 fully saturated rings. The molecule has 2 N–H and O–H groups in total. The second-order valence-corrected chi connectivity index (χ2v) is 6.84. The molecule has 23 heavy (non-hydrogen) atoms. The molecule has 1 aromatic rings. The van der Waals surface area contributed by atoms with Crippen molar-refractivity contribution in [3.05, 3.63) is 12.3 Å². The summed E-state index contributed by atoms with van der Waals surface area (Å²) in [5, 5.41) is 9.61. The first-order valence-corrected chi connectivity index (χ1v) is 8.71. The Balaban J connectivity index is 1.37. The van der Waals surface area contributed by atoms with Crippen LogP contribution >= 0.6 is 0 Å². The summed E-state index contributed by atoms with van der Waals surface area (Å²) in [6, 6.07) is 1.85. The van der Waals surface area contributed by atoms with Gasteiger partial charge in [-0.05, 0) is 44.4 Å². The Morgan fingerprint density at radius 2 is 1.87 bits per heavy atom. The van der Waals surface area contributed by atoms with Crippen molar-refractivity contribution in [1.82, 2.24) is 10.5 Å². The van der Waals surface area contributed by atoms with Crippen molar-refractivity contribution in [2.24, 2.45) is 11.8 Å². The minimum absolute atomic E-state index is 0.00492. The predicted octanol–water partition coefficient (Wildman–Crippen LogP) is 2.87. The number of anilines is 1. The van der Waals surface area contributed by atoms with Gasteiger partial charge in [-0.3, -0.25) is 9.59 Å². The molecule has 0 unspecified atom stereocenters. The van der Waals surface area contributed by atoms with Crippen LogP contribution in [-0.2, 0) is 9.59 Å². The fourth-order valence-electron chi connectivity index (χ4n) is 3.77. The first kappa shape index (κ1) is 16.0. The second kappa shape index (κ2) is 7.62. The molecule has 0 radical (unpaired) electrons. The Kier molecular flexibility index (Phi) is 5.31. The SMILES string of the molecule is O=C(CC1CCCC1)NC1CCC(C(=O)Nc2ccon2)CC1. The molecular formula is C17H25N3O3. The summed E-state index contributed by atoms with van der Waals surface area (Å²) >= 11 is 0. The highest BCUT2D eigenvalue weighted by Crippen LogP contribution is 2.28. The first-order chi connectivity index (χ1) is 11.2. The molecular weight excluding hydrogens is 294 g/mol. The van der Waals surface area contributed by atoms with Gasteiger partial charge < -0.3 is 15.2 Å². The third kappa shape index (κ3) is 4.56. The van der Waals surface area contributed by atoms with Crippen LogP contribution in [0.15, 0.2) is 16.9 Å². The number of nitrogens with zero attached hydrogens (tertiary/aromatic N) is 1. The van der Waals surface area contributed by atoms with Gasteiger partial charge in [0.25, 0.3) is 0 Å². The van der Waals surface area contributed by atoms with E-state index in [2.05, 4.69) is 15.8 Å². The van der Waals surface area contributed by atoms with Gasteiger partial charge in [-0.15, -0.1) is 0 Å². The lowest BCUT2D eigenvalue weighted by molar-refractivity contribution is -0.123. The number of carbonyl (C=O) groups is 2. The first-order valence-electron chi connectivity index (χ1n) is 8.71. The van der Waals surface area contributed by atoms with E-state index in [9.17, 15) is 9.59 Å². The molecule has 6 heteroatoms. The maximum atomic E-state index is 12.1. The summed E-state index contributed by atoms with van der Waals surface area (Å²) in [6.07, 6.45) is 10.4. The van der Waals surface area contributed by atoms with E-state index >= 15 is 0 Å².